The second-order valence-corrected chi connectivity index (χ2v) is 4.70. The van der Waals surface area contributed by atoms with Gasteiger partial charge in [-0.05, 0) is 29.8 Å². The molecule has 3 rings (SSSR count). The van der Waals surface area contributed by atoms with E-state index in [-0.39, 0.29) is 0 Å². The highest BCUT2D eigenvalue weighted by atomic mass is 35.5. The van der Waals surface area contributed by atoms with E-state index in [1.807, 2.05) is 24.3 Å². The molecule has 0 aliphatic heterocycles. The van der Waals surface area contributed by atoms with Gasteiger partial charge in [-0.2, -0.15) is 0 Å². The zero-order valence-electron chi connectivity index (χ0n) is 9.97. The Morgan fingerprint density at radius 3 is 2.79 bits per heavy atom. The Labute approximate surface area is 114 Å². The number of hydrogen-bond acceptors (Lipinski definition) is 3. The van der Waals surface area contributed by atoms with Gasteiger partial charge in [-0.3, -0.25) is 4.57 Å². The van der Waals surface area contributed by atoms with Gasteiger partial charge in [0.1, 0.15) is 0 Å². The van der Waals surface area contributed by atoms with Crippen LogP contribution < -0.4 is 11.5 Å². The zero-order valence-corrected chi connectivity index (χ0v) is 10.7. The summed E-state index contributed by atoms with van der Waals surface area (Å²) in [4.78, 5) is 11.9. The number of anilines is 1. The van der Waals surface area contributed by atoms with Crippen molar-refractivity contribution in [2.24, 2.45) is 0 Å². The van der Waals surface area contributed by atoms with Crippen LogP contribution in [0.4, 0.5) is 5.69 Å². The quantitative estimate of drug-likeness (QED) is 0.731. The number of nitrogens with two attached hydrogens (primary N) is 1. The van der Waals surface area contributed by atoms with Gasteiger partial charge in [0.15, 0.2) is 5.58 Å². The molecule has 0 aliphatic rings. The molecule has 0 spiro atoms. The molecule has 1 aromatic heterocycles. The smallest absolute Gasteiger partial charge is 0.408 e. The first-order valence-electron chi connectivity index (χ1n) is 5.77. The molecule has 5 heteroatoms. The Hall–Kier alpha value is -2.20. The number of hydrogen-bond donors (Lipinski definition) is 1. The second kappa shape index (κ2) is 4.48. The monoisotopic (exact) mass is 274 g/mol. The molecule has 2 aromatic carbocycles. The number of nitrogens with zero attached hydrogens (tertiary/aromatic N) is 1. The van der Waals surface area contributed by atoms with Crippen molar-refractivity contribution >= 4 is 28.4 Å². The minimum atomic E-state index is -0.393. The summed E-state index contributed by atoms with van der Waals surface area (Å²) in [5.74, 6) is -0.393. The maximum Gasteiger partial charge on any atom is 0.420 e. The van der Waals surface area contributed by atoms with Crippen molar-refractivity contribution in [1.82, 2.24) is 4.57 Å². The third kappa shape index (κ3) is 2.11. The molecule has 19 heavy (non-hydrogen) atoms. The molecule has 4 nitrogen and oxygen atoms in total. The van der Waals surface area contributed by atoms with Crippen molar-refractivity contribution in [2.75, 3.05) is 5.73 Å². The van der Waals surface area contributed by atoms with Crippen molar-refractivity contribution in [3.63, 3.8) is 0 Å². The molecule has 1 heterocycles. The standard InChI is InChI=1S/C14H11ClN2O2/c15-10-6-5-9(11(16)7-10)8-17-12-3-1-2-4-13(12)19-14(17)18/h1-7H,8,16H2. The summed E-state index contributed by atoms with van der Waals surface area (Å²) in [6, 6.07) is 12.5. The van der Waals surface area contributed by atoms with Crippen molar-refractivity contribution in [3.8, 4) is 0 Å². The van der Waals surface area contributed by atoms with Crippen LogP contribution in [0.2, 0.25) is 5.02 Å². The molecule has 0 unspecified atom stereocenters. The number of rotatable bonds is 2. The van der Waals surface area contributed by atoms with E-state index < -0.39 is 5.76 Å². The molecule has 0 radical (unpaired) electrons. The number of aromatic nitrogens is 1. The van der Waals surface area contributed by atoms with Gasteiger partial charge < -0.3 is 10.2 Å². The number of oxazole rings is 1. The highest BCUT2D eigenvalue weighted by molar-refractivity contribution is 6.30. The Morgan fingerprint density at radius 1 is 1.21 bits per heavy atom. The molecule has 2 N–H and O–H groups in total. The van der Waals surface area contributed by atoms with Crippen LogP contribution in [0.1, 0.15) is 5.56 Å². The fraction of sp³-hybridized carbons (Fsp3) is 0.0714. The maximum absolute atomic E-state index is 11.9. The summed E-state index contributed by atoms with van der Waals surface area (Å²) in [6.07, 6.45) is 0. The van der Waals surface area contributed by atoms with Gasteiger partial charge in [-0.15, -0.1) is 0 Å². The normalized spacial score (nSPS) is 11.0. The first kappa shape index (κ1) is 11.9. The van der Waals surface area contributed by atoms with Gasteiger partial charge in [0.2, 0.25) is 0 Å². The molecule has 0 fully saturated rings. The summed E-state index contributed by atoms with van der Waals surface area (Å²) in [6.45, 7) is 0.360. The van der Waals surface area contributed by atoms with Gasteiger partial charge >= 0.3 is 5.76 Å². The predicted octanol–water partition coefficient (Wildman–Crippen LogP) is 2.88. The van der Waals surface area contributed by atoms with Crippen LogP contribution in [0.15, 0.2) is 51.7 Å². The summed E-state index contributed by atoms with van der Waals surface area (Å²) in [5, 5.41) is 0.575. The van der Waals surface area contributed by atoms with Crippen LogP contribution in [0.3, 0.4) is 0 Å². The second-order valence-electron chi connectivity index (χ2n) is 4.26. The van der Waals surface area contributed by atoms with Crippen LogP contribution in [-0.4, -0.2) is 4.57 Å². The summed E-state index contributed by atoms with van der Waals surface area (Å²) in [7, 11) is 0. The minimum Gasteiger partial charge on any atom is -0.408 e. The zero-order chi connectivity index (χ0) is 13.4. The van der Waals surface area contributed by atoms with E-state index in [0.29, 0.717) is 22.8 Å². The molecule has 3 aromatic rings. The summed E-state index contributed by atoms with van der Waals surface area (Å²) >= 11 is 5.86. The van der Waals surface area contributed by atoms with E-state index in [0.717, 1.165) is 11.1 Å². The fourth-order valence-corrected chi connectivity index (χ4v) is 2.22. The van der Waals surface area contributed by atoms with Crippen LogP contribution in [0, 0.1) is 0 Å². The Bertz CT molecular complexity index is 805. The van der Waals surface area contributed by atoms with Crippen LogP contribution in [0.5, 0.6) is 0 Å². The van der Waals surface area contributed by atoms with Crippen LogP contribution in [0.25, 0.3) is 11.1 Å². The fourth-order valence-electron chi connectivity index (χ4n) is 2.04. The number of nitrogen functional groups attached to an aromatic ring is 1. The van der Waals surface area contributed by atoms with Gasteiger partial charge in [0, 0.05) is 10.7 Å². The predicted molar refractivity (Wildman–Crippen MR) is 75.4 cm³/mol. The van der Waals surface area contributed by atoms with E-state index in [1.54, 1.807) is 22.8 Å². The average molecular weight is 275 g/mol. The van der Waals surface area contributed by atoms with Gasteiger partial charge in [0.05, 0.1) is 12.1 Å². The number of fused-ring (bicyclic) bond motifs is 1. The molecule has 0 saturated carbocycles. The molecule has 0 saturated heterocycles. The SMILES string of the molecule is Nc1cc(Cl)ccc1Cn1c(=O)oc2ccccc21. The molecule has 0 amide bonds. The molecule has 0 aliphatic carbocycles. The maximum atomic E-state index is 11.9. The Kier molecular flexibility index (Phi) is 2.80. The number of para-hydroxylation sites is 2. The van der Waals surface area contributed by atoms with E-state index in [9.17, 15) is 4.79 Å². The van der Waals surface area contributed by atoms with Crippen molar-refractivity contribution < 1.29 is 4.42 Å². The van der Waals surface area contributed by atoms with E-state index >= 15 is 0 Å². The number of benzene rings is 2. The number of halogens is 1. The van der Waals surface area contributed by atoms with Gasteiger partial charge in [-0.25, -0.2) is 4.79 Å². The Balaban J connectivity index is 2.10. The Morgan fingerprint density at radius 2 is 2.00 bits per heavy atom. The van der Waals surface area contributed by atoms with Crippen LogP contribution >= 0.6 is 11.6 Å². The third-order valence-corrected chi connectivity index (χ3v) is 3.25. The highest BCUT2D eigenvalue weighted by Crippen LogP contribution is 2.20. The van der Waals surface area contributed by atoms with Crippen molar-refractivity contribution in [2.45, 2.75) is 6.54 Å². The largest absolute Gasteiger partial charge is 0.420 e. The first-order valence-corrected chi connectivity index (χ1v) is 6.15. The minimum absolute atomic E-state index is 0.360. The lowest BCUT2D eigenvalue weighted by Crippen LogP contribution is -2.15. The lowest BCUT2D eigenvalue weighted by Gasteiger charge is -2.06. The molecule has 0 bridgehead atoms. The molecule has 96 valence electrons. The lowest BCUT2D eigenvalue weighted by atomic mass is 10.2. The van der Waals surface area contributed by atoms with Crippen molar-refractivity contribution in [1.29, 1.82) is 0 Å². The lowest BCUT2D eigenvalue weighted by molar-refractivity contribution is 0.518. The van der Waals surface area contributed by atoms with Gasteiger partial charge in [-0.1, -0.05) is 29.8 Å². The van der Waals surface area contributed by atoms with Gasteiger partial charge in [0.25, 0.3) is 0 Å². The third-order valence-electron chi connectivity index (χ3n) is 3.01. The first-order chi connectivity index (χ1) is 9.15. The summed E-state index contributed by atoms with van der Waals surface area (Å²) in [5.41, 5.74) is 8.61. The van der Waals surface area contributed by atoms with E-state index in [1.165, 1.54) is 0 Å². The molecule has 0 atom stereocenters. The van der Waals surface area contributed by atoms with E-state index in [4.69, 9.17) is 21.8 Å². The van der Waals surface area contributed by atoms with E-state index in [2.05, 4.69) is 0 Å². The topological polar surface area (TPSA) is 61.2 Å². The average Bonchev–Trinajstić information content (AvgIpc) is 2.69. The molecular weight excluding hydrogens is 264 g/mol. The highest BCUT2D eigenvalue weighted by Gasteiger charge is 2.10. The van der Waals surface area contributed by atoms with Crippen molar-refractivity contribution in [3.05, 3.63) is 63.6 Å². The summed E-state index contributed by atoms with van der Waals surface area (Å²) < 4.78 is 6.73. The van der Waals surface area contributed by atoms with Crippen LogP contribution in [-0.2, 0) is 6.54 Å². The molecular formula is C14H11ClN2O2.